The molecule has 7 nitrogen and oxygen atoms in total. The van der Waals surface area contributed by atoms with E-state index in [-0.39, 0.29) is 24.8 Å². The average molecular weight is 502 g/mol. The Hall–Kier alpha value is -2.87. The number of hydrogen-bond acceptors (Lipinski definition) is 4. The summed E-state index contributed by atoms with van der Waals surface area (Å²) in [6, 6.07) is 14.5. The van der Waals surface area contributed by atoms with E-state index in [4.69, 9.17) is 0 Å². The summed E-state index contributed by atoms with van der Waals surface area (Å²) in [6.07, 6.45) is 2.96. The Morgan fingerprint density at radius 3 is 2.34 bits per heavy atom. The van der Waals surface area contributed by atoms with E-state index in [1.54, 1.807) is 11.0 Å². The number of carbonyl (C=O) groups is 2. The number of carbonyl (C=O) groups excluding carboxylic acids is 2. The lowest BCUT2D eigenvalue weighted by Gasteiger charge is -2.31. The van der Waals surface area contributed by atoms with Gasteiger partial charge in [0.2, 0.25) is 21.8 Å². The van der Waals surface area contributed by atoms with Gasteiger partial charge in [-0.2, -0.15) is 0 Å². The van der Waals surface area contributed by atoms with Crippen molar-refractivity contribution in [1.82, 2.24) is 10.2 Å². The Balaban J connectivity index is 2.21. The first-order chi connectivity index (χ1) is 16.6. The Kier molecular flexibility index (Phi) is 10.8. The molecule has 0 saturated heterocycles. The first-order valence-corrected chi connectivity index (χ1v) is 14.1. The highest BCUT2D eigenvalue weighted by molar-refractivity contribution is 7.92. The number of sulfonamides is 1. The molecule has 2 amide bonds. The van der Waals surface area contributed by atoms with Crippen molar-refractivity contribution in [3.8, 4) is 0 Å². The lowest BCUT2D eigenvalue weighted by Crippen LogP contribution is -2.49. The zero-order valence-corrected chi connectivity index (χ0v) is 22.4. The van der Waals surface area contributed by atoms with E-state index in [9.17, 15) is 18.0 Å². The van der Waals surface area contributed by atoms with Crippen LogP contribution in [-0.2, 0) is 26.2 Å². The maximum absolute atomic E-state index is 13.4. The summed E-state index contributed by atoms with van der Waals surface area (Å²) in [4.78, 5) is 28.0. The smallest absolute Gasteiger partial charge is 0.242 e. The van der Waals surface area contributed by atoms with E-state index in [1.165, 1.54) is 10.6 Å². The third-order valence-electron chi connectivity index (χ3n) is 5.98. The van der Waals surface area contributed by atoms with Crippen molar-refractivity contribution < 1.29 is 18.0 Å². The predicted octanol–water partition coefficient (Wildman–Crippen LogP) is 4.18. The monoisotopic (exact) mass is 501 g/mol. The molecule has 0 bridgehead atoms. The van der Waals surface area contributed by atoms with Crippen LogP contribution >= 0.6 is 0 Å². The van der Waals surface area contributed by atoms with Crippen LogP contribution in [0.5, 0.6) is 0 Å². The maximum atomic E-state index is 13.4. The topological polar surface area (TPSA) is 86.8 Å². The van der Waals surface area contributed by atoms with Gasteiger partial charge in [0.25, 0.3) is 0 Å². The van der Waals surface area contributed by atoms with Gasteiger partial charge in [-0.05, 0) is 61.9 Å². The molecule has 1 atom stereocenters. The standard InChI is InChI=1S/C27H39N3O4S/c1-6-17-28-27(32)25(7-2)29(20-23-14-9-8-13-22(23)4)26(31)16-11-18-30(35(5,33)34)24-15-10-12-21(3)19-24/h8-10,12-15,19,25H,6-7,11,16-18,20H2,1-5H3,(H,28,32)/t25-/m1/s1. The summed E-state index contributed by atoms with van der Waals surface area (Å²) >= 11 is 0. The Labute approximate surface area is 210 Å². The van der Waals surface area contributed by atoms with Crippen LogP contribution in [0.25, 0.3) is 0 Å². The van der Waals surface area contributed by atoms with E-state index >= 15 is 0 Å². The molecule has 2 aromatic rings. The highest BCUT2D eigenvalue weighted by atomic mass is 32.2. The minimum Gasteiger partial charge on any atom is -0.354 e. The van der Waals surface area contributed by atoms with Gasteiger partial charge in [0.15, 0.2) is 0 Å². The van der Waals surface area contributed by atoms with Gasteiger partial charge in [0, 0.05) is 26.1 Å². The minimum atomic E-state index is -3.51. The second-order valence-electron chi connectivity index (χ2n) is 8.94. The molecule has 192 valence electrons. The van der Waals surface area contributed by atoms with Crippen molar-refractivity contribution in [3.05, 3.63) is 65.2 Å². The summed E-state index contributed by atoms with van der Waals surface area (Å²) < 4.78 is 26.2. The van der Waals surface area contributed by atoms with E-state index < -0.39 is 16.1 Å². The molecular weight excluding hydrogens is 462 g/mol. The Bertz CT molecular complexity index is 1100. The van der Waals surface area contributed by atoms with Crippen molar-refractivity contribution in [3.63, 3.8) is 0 Å². The number of nitrogens with zero attached hydrogens (tertiary/aromatic N) is 2. The number of hydrogen-bond donors (Lipinski definition) is 1. The van der Waals surface area contributed by atoms with Gasteiger partial charge in [-0.15, -0.1) is 0 Å². The van der Waals surface area contributed by atoms with Gasteiger partial charge in [0.1, 0.15) is 6.04 Å². The number of rotatable bonds is 13. The number of nitrogens with one attached hydrogen (secondary N) is 1. The zero-order chi connectivity index (χ0) is 26.0. The van der Waals surface area contributed by atoms with Gasteiger partial charge in [-0.1, -0.05) is 50.2 Å². The molecule has 0 fully saturated rings. The van der Waals surface area contributed by atoms with Crippen LogP contribution in [0.15, 0.2) is 48.5 Å². The summed E-state index contributed by atoms with van der Waals surface area (Å²) in [7, 11) is -3.51. The predicted molar refractivity (Wildman–Crippen MR) is 142 cm³/mol. The fraction of sp³-hybridized carbons (Fsp3) is 0.481. The minimum absolute atomic E-state index is 0.140. The third-order valence-corrected chi connectivity index (χ3v) is 7.17. The molecule has 1 N–H and O–H groups in total. The molecule has 0 aliphatic rings. The molecule has 0 heterocycles. The molecule has 35 heavy (non-hydrogen) atoms. The van der Waals surface area contributed by atoms with E-state index in [0.717, 1.165) is 23.1 Å². The number of aryl methyl sites for hydroxylation is 2. The molecule has 8 heteroatoms. The van der Waals surface area contributed by atoms with Crippen LogP contribution in [0.4, 0.5) is 5.69 Å². The zero-order valence-electron chi connectivity index (χ0n) is 21.6. The van der Waals surface area contributed by atoms with E-state index in [0.29, 0.717) is 31.6 Å². The van der Waals surface area contributed by atoms with Crippen molar-refractivity contribution in [2.24, 2.45) is 0 Å². The van der Waals surface area contributed by atoms with Crippen LogP contribution in [0.2, 0.25) is 0 Å². The largest absolute Gasteiger partial charge is 0.354 e. The quantitative estimate of drug-likeness (QED) is 0.446. The first kappa shape index (κ1) is 28.4. The number of amides is 2. The molecule has 0 radical (unpaired) electrons. The summed E-state index contributed by atoms with van der Waals surface area (Å²) in [5.74, 6) is -0.321. The molecule has 0 aliphatic heterocycles. The van der Waals surface area contributed by atoms with Crippen LogP contribution in [-0.4, -0.2) is 50.5 Å². The van der Waals surface area contributed by atoms with Crippen LogP contribution < -0.4 is 9.62 Å². The average Bonchev–Trinajstić information content (AvgIpc) is 2.80. The van der Waals surface area contributed by atoms with Gasteiger partial charge in [-0.25, -0.2) is 8.42 Å². The highest BCUT2D eigenvalue weighted by Crippen LogP contribution is 2.21. The number of benzene rings is 2. The van der Waals surface area contributed by atoms with Crippen LogP contribution in [0, 0.1) is 13.8 Å². The first-order valence-electron chi connectivity index (χ1n) is 12.2. The van der Waals surface area contributed by atoms with Crippen molar-refractivity contribution >= 4 is 27.5 Å². The molecule has 0 aromatic heterocycles. The molecular formula is C27H39N3O4S. The van der Waals surface area contributed by atoms with Gasteiger partial charge in [0.05, 0.1) is 11.9 Å². The van der Waals surface area contributed by atoms with Crippen molar-refractivity contribution in [1.29, 1.82) is 0 Å². The molecule has 0 saturated carbocycles. The normalized spacial score (nSPS) is 12.1. The molecule has 2 rings (SSSR count). The SMILES string of the molecule is CCCNC(=O)[C@@H](CC)N(Cc1ccccc1C)C(=O)CCCN(c1cccc(C)c1)S(C)(=O)=O. The van der Waals surface area contributed by atoms with E-state index in [2.05, 4.69) is 5.32 Å². The molecule has 0 unspecified atom stereocenters. The molecule has 0 spiro atoms. The van der Waals surface area contributed by atoms with Gasteiger partial charge < -0.3 is 10.2 Å². The Morgan fingerprint density at radius 1 is 1.03 bits per heavy atom. The van der Waals surface area contributed by atoms with Gasteiger partial charge in [-0.3, -0.25) is 13.9 Å². The van der Waals surface area contributed by atoms with Crippen molar-refractivity contribution in [2.45, 2.75) is 66.0 Å². The van der Waals surface area contributed by atoms with Crippen molar-refractivity contribution in [2.75, 3.05) is 23.7 Å². The molecule has 0 aliphatic carbocycles. The van der Waals surface area contributed by atoms with Gasteiger partial charge >= 0.3 is 0 Å². The van der Waals surface area contributed by atoms with E-state index in [1.807, 2.05) is 70.2 Å². The highest BCUT2D eigenvalue weighted by Gasteiger charge is 2.29. The fourth-order valence-electron chi connectivity index (χ4n) is 4.04. The third kappa shape index (κ3) is 8.38. The summed E-state index contributed by atoms with van der Waals surface area (Å²) in [6.45, 7) is 8.86. The molecule has 2 aromatic carbocycles. The second-order valence-corrected chi connectivity index (χ2v) is 10.8. The lowest BCUT2D eigenvalue weighted by atomic mass is 10.1. The number of anilines is 1. The Morgan fingerprint density at radius 2 is 1.74 bits per heavy atom. The summed E-state index contributed by atoms with van der Waals surface area (Å²) in [5.41, 5.74) is 3.58. The van der Waals surface area contributed by atoms with Crippen LogP contribution in [0.1, 0.15) is 56.2 Å². The van der Waals surface area contributed by atoms with Crippen LogP contribution in [0.3, 0.4) is 0 Å². The maximum Gasteiger partial charge on any atom is 0.242 e. The fourth-order valence-corrected chi connectivity index (χ4v) is 5.00. The second kappa shape index (κ2) is 13.3. The summed E-state index contributed by atoms with van der Waals surface area (Å²) in [5, 5.41) is 2.92. The lowest BCUT2D eigenvalue weighted by molar-refractivity contribution is -0.141.